The van der Waals surface area contributed by atoms with Crippen LogP contribution in [0.2, 0.25) is 0 Å². The molecule has 2 aromatic heterocycles. The molecular formula is C15H14BrN5O3. The maximum absolute atomic E-state index is 12.4. The SMILES string of the molecule is Cn1c(=O)c2c(nc(Br)n2CC(=O)Nc2ccccc2)n(C)c1=O. The third kappa shape index (κ3) is 2.67. The monoisotopic (exact) mass is 391 g/mol. The standard InChI is InChI=1S/C15H14BrN5O3/c1-19-12-11(13(23)20(2)15(19)24)21(14(16)18-12)8-10(22)17-9-6-4-3-5-7-9/h3-7H,8H2,1-2H3,(H,17,22). The molecule has 24 heavy (non-hydrogen) atoms. The number of hydrogen-bond acceptors (Lipinski definition) is 4. The lowest BCUT2D eigenvalue weighted by Gasteiger charge is -2.08. The summed E-state index contributed by atoms with van der Waals surface area (Å²) >= 11 is 3.25. The molecule has 0 saturated heterocycles. The maximum Gasteiger partial charge on any atom is 0.332 e. The molecule has 3 rings (SSSR count). The molecule has 0 bridgehead atoms. The number of rotatable bonds is 3. The summed E-state index contributed by atoms with van der Waals surface area (Å²) in [6, 6.07) is 9.00. The van der Waals surface area contributed by atoms with Crippen LogP contribution in [-0.2, 0) is 25.4 Å². The second-order valence-corrected chi connectivity index (χ2v) is 5.97. The number of hydrogen-bond donors (Lipinski definition) is 1. The molecular weight excluding hydrogens is 378 g/mol. The van der Waals surface area contributed by atoms with Crippen LogP contribution in [0.3, 0.4) is 0 Å². The van der Waals surface area contributed by atoms with Crippen molar-refractivity contribution in [2.75, 3.05) is 5.32 Å². The van der Waals surface area contributed by atoms with Gasteiger partial charge < -0.3 is 9.88 Å². The first-order valence-corrected chi connectivity index (χ1v) is 7.86. The Morgan fingerprint density at radius 2 is 1.83 bits per heavy atom. The average Bonchev–Trinajstić information content (AvgIpc) is 2.88. The molecule has 0 unspecified atom stereocenters. The number of carbonyl (C=O) groups is 1. The number of fused-ring (bicyclic) bond motifs is 1. The van der Waals surface area contributed by atoms with Gasteiger partial charge in [0, 0.05) is 19.8 Å². The molecule has 8 nitrogen and oxygen atoms in total. The Morgan fingerprint density at radius 1 is 1.17 bits per heavy atom. The Hall–Kier alpha value is -2.68. The second kappa shape index (κ2) is 6.08. The summed E-state index contributed by atoms with van der Waals surface area (Å²) in [5, 5.41) is 2.75. The van der Waals surface area contributed by atoms with Crippen LogP contribution in [0.15, 0.2) is 44.7 Å². The van der Waals surface area contributed by atoms with Gasteiger partial charge in [0.05, 0.1) is 0 Å². The summed E-state index contributed by atoms with van der Waals surface area (Å²) in [5.74, 6) is -0.308. The Kier molecular flexibility index (Phi) is 4.10. The zero-order valence-electron chi connectivity index (χ0n) is 13.0. The minimum atomic E-state index is -0.501. The number of anilines is 1. The van der Waals surface area contributed by atoms with Gasteiger partial charge in [0.2, 0.25) is 5.91 Å². The van der Waals surface area contributed by atoms with Crippen LogP contribution in [0.4, 0.5) is 5.69 Å². The molecule has 0 spiro atoms. The van der Waals surface area contributed by atoms with E-state index in [2.05, 4.69) is 26.2 Å². The minimum Gasteiger partial charge on any atom is -0.325 e. The molecule has 0 radical (unpaired) electrons. The van der Waals surface area contributed by atoms with Crippen molar-refractivity contribution in [3.63, 3.8) is 0 Å². The van der Waals surface area contributed by atoms with Crippen molar-refractivity contribution in [2.24, 2.45) is 14.1 Å². The van der Waals surface area contributed by atoms with E-state index >= 15 is 0 Å². The topological polar surface area (TPSA) is 90.9 Å². The quantitative estimate of drug-likeness (QED) is 0.669. The Bertz CT molecular complexity index is 1050. The summed E-state index contributed by atoms with van der Waals surface area (Å²) in [4.78, 5) is 40.8. The molecule has 124 valence electrons. The predicted octanol–water partition coefficient (Wildman–Crippen LogP) is 0.835. The normalized spacial score (nSPS) is 11.0. The van der Waals surface area contributed by atoms with Gasteiger partial charge in [-0.2, -0.15) is 0 Å². The highest BCUT2D eigenvalue weighted by molar-refractivity contribution is 9.10. The van der Waals surface area contributed by atoms with Crippen molar-refractivity contribution in [3.05, 3.63) is 55.9 Å². The van der Waals surface area contributed by atoms with E-state index < -0.39 is 11.2 Å². The molecule has 0 aliphatic heterocycles. The van der Waals surface area contributed by atoms with E-state index in [0.29, 0.717) is 10.4 Å². The molecule has 1 N–H and O–H groups in total. The van der Waals surface area contributed by atoms with Crippen LogP contribution in [-0.4, -0.2) is 24.6 Å². The van der Waals surface area contributed by atoms with E-state index in [-0.39, 0.29) is 23.6 Å². The summed E-state index contributed by atoms with van der Waals surface area (Å²) in [7, 11) is 2.91. The third-order valence-corrected chi connectivity index (χ3v) is 4.27. The minimum absolute atomic E-state index is 0.112. The third-order valence-electron chi connectivity index (χ3n) is 3.66. The van der Waals surface area contributed by atoms with Crippen molar-refractivity contribution in [1.29, 1.82) is 0 Å². The van der Waals surface area contributed by atoms with Crippen LogP contribution in [0.25, 0.3) is 11.2 Å². The van der Waals surface area contributed by atoms with Crippen molar-refractivity contribution in [2.45, 2.75) is 6.54 Å². The average molecular weight is 392 g/mol. The fourth-order valence-corrected chi connectivity index (χ4v) is 2.90. The van der Waals surface area contributed by atoms with Gasteiger partial charge in [-0.1, -0.05) is 18.2 Å². The highest BCUT2D eigenvalue weighted by Crippen LogP contribution is 2.16. The summed E-state index contributed by atoms with van der Waals surface area (Å²) in [6.07, 6.45) is 0. The first-order chi connectivity index (χ1) is 11.4. The Morgan fingerprint density at radius 3 is 2.50 bits per heavy atom. The molecule has 0 atom stereocenters. The molecule has 1 aromatic carbocycles. The molecule has 0 saturated carbocycles. The zero-order valence-corrected chi connectivity index (χ0v) is 14.6. The number of imidazole rings is 1. The van der Waals surface area contributed by atoms with Gasteiger partial charge in [0.25, 0.3) is 5.56 Å². The largest absolute Gasteiger partial charge is 0.332 e. The number of carbonyl (C=O) groups excluding carboxylic acids is 1. The molecule has 1 amide bonds. The smallest absolute Gasteiger partial charge is 0.325 e. The number of amides is 1. The number of nitrogens with one attached hydrogen (secondary N) is 1. The number of nitrogens with zero attached hydrogens (tertiary/aromatic N) is 4. The molecule has 0 aliphatic rings. The first kappa shape index (κ1) is 16.2. The van der Waals surface area contributed by atoms with E-state index in [9.17, 15) is 14.4 Å². The lowest BCUT2D eigenvalue weighted by atomic mass is 10.3. The molecule has 0 fully saturated rings. The van der Waals surface area contributed by atoms with Gasteiger partial charge in [-0.15, -0.1) is 0 Å². The van der Waals surface area contributed by atoms with Gasteiger partial charge in [0.15, 0.2) is 15.9 Å². The zero-order chi connectivity index (χ0) is 17.4. The van der Waals surface area contributed by atoms with Crippen LogP contribution in [0.1, 0.15) is 0 Å². The number of aryl methyl sites for hydroxylation is 1. The van der Waals surface area contributed by atoms with Crippen molar-refractivity contribution in [1.82, 2.24) is 18.7 Å². The number of para-hydroxylation sites is 1. The van der Waals surface area contributed by atoms with Gasteiger partial charge >= 0.3 is 5.69 Å². The number of aromatic nitrogens is 4. The highest BCUT2D eigenvalue weighted by Gasteiger charge is 2.19. The molecule has 3 aromatic rings. The first-order valence-electron chi connectivity index (χ1n) is 7.07. The van der Waals surface area contributed by atoms with E-state index in [1.165, 1.54) is 23.2 Å². The Labute approximate surface area is 144 Å². The van der Waals surface area contributed by atoms with Crippen molar-refractivity contribution >= 4 is 38.7 Å². The summed E-state index contributed by atoms with van der Waals surface area (Å²) in [5.41, 5.74) is 0.0951. The van der Waals surface area contributed by atoms with Crippen molar-refractivity contribution < 1.29 is 4.79 Å². The van der Waals surface area contributed by atoms with Gasteiger partial charge in [-0.3, -0.25) is 18.7 Å². The van der Waals surface area contributed by atoms with E-state index in [1.54, 1.807) is 12.1 Å². The van der Waals surface area contributed by atoms with Crippen LogP contribution < -0.4 is 16.6 Å². The van der Waals surface area contributed by atoms with Crippen LogP contribution in [0.5, 0.6) is 0 Å². The maximum atomic E-state index is 12.4. The molecule has 0 aliphatic carbocycles. The number of benzene rings is 1. The summed E-state index contributed by atoms with van der Waals surface area (Å²) in [6.45, 7) is -0.112. The van der Waals surface area contributed by atoms with E-state index in [0.717, 1.165) is 4.57 Å². The fraction of sp³-hybridized carbons (Fsp3) is 0.200. The van der Waals surface area contributed by atoms with Crippen LogP contribution >= 0.6 is 15.9 Å². The second-order valence-electron chi connectivity index (χ2n) is 5.26. The lowest BCUT2D eigenvalue weighted by Crippen LogP contribution is -2.37. The van der Waals surface area contributed by atoms with E-state index in [4.69, 9.17) is 0 Å². The van der Waals surface area contributed by atoms with Gasteiger partial charge in [-0.05, 0) is 28.1 Å². The van der Waals surface area contributed by atoms with Gasteiger partial charge in [0.1, 0.15) is 6.54 Å². The Balaban J connectivity index is 2.04. The fourth-order valence-electron chi connectivity index (χ4n) is 2.43. The molecule has 2 heterocycles. The predicted molar refractivity (Wildman–Crippen MR) is 93.0 cm³/mol. The molecule has 9 heteroatoms. The van der Waals surface area contributed by atoms with Crippen LogP contribution in [0, 0.1) is 0 Å². The number of halogens is 1. The highest BCUT2D eigenvalue weighted by atomic mass is 79.9. The summed E-state index contributed by atoms with van der Waals surface area (Å²) < 4.78 is 4.00. The lowest BCUT2D eigenvalue weighted by molar-refractivity contribution is -0.116. The van der Waals surface area contributed by atoms with E-state index in [1.807, 2.05) is 18.2 Å². The van der Waals surface area contributed by atoms with Crippen molar-refractivity contribution in [3.8, 4) is 0 Å². The van der Waals surface area contributed by atoms with Gasteiger partial charge in [-0.25, -0.2) is 9.78 Å².